The van der Waals surface area contributed by atoms with Crippen LogP contribution in [0.25, 0.3) is 11.0 Å². The Kier molecular flexibility index (Phi) is 3.92. The molecule has 2 aromatic rings. The average molecular weight is 330 g/mol. The largest absolute Gasteiger partial charge is 0.330 e. The van der Waals surface area contributed by atoms with E-state index in [1.165, 1.54) is 38.5 Å². The zero-order chi connectivity index (χ0) is 16.7. The quantitative estimate of drug-likeness (QED) is 0.877. The van der Waals surface area contributed by atoms with Crippen molar-refractivity contribution < 1.29 is 0 Å². The predicted molar refractivity (Wildman–Crippen MR) is 92.5 cm³/mol. The van der Waals surface area contributed by atoms with Crippen molar-refractivity contribution in [2.75, 3.05) is 13.1 Å². The molecule has 4 rings (SSSR count). The fourth-order valence-corrected chi connectivity index (χ4v) is 4.52. The van der Waals surface area contributed by atoms with Crippen LogP contribution in [0.5, 0.6) is 0 Å². The Morgan fingerprint density at radius 2 is 2.21 bits per heavy atom. The van der Waals surface area contributed by atoms with Crippen LogP contribution in [0.4, 0.5) is 0 Å². The fraction of sp³-hybridized carbons (Fsp3) is 0.706. The Hall–Kier alpha value is -1.73. The number of rotatable bonds is 4. The number of hydrogen-bond donors (Lipinski definition) is 2. The van der Waals surface area contributed by atoms with Crippen LogP contribution >= 0.6 is 0 Å². The molecule has 1 aliphatic carbocycles. The molecule has 0 radical (unpaired) electrons. The second-order valence-electron chi connectivity index (χ2n) is 7.42. The third kappa shape index (κ3) is 2.46. The summed E-state index contributed by atoms with van der Waals surface area (Å²) in [5.41, 5.74) is 6.97. The van der Waals surface area contributed by atoms with Crippen molar-refractivity contribution in [1.29, 1.82) is 0 Å². The smallest absolute Gasteiger partial charge is 0.262 e. The first-order valence-corrected chi connectivity index (χ1v) is 8.98. The number of piperidine rings is 1. The van der Waals surface area contributed by atoms with Crippen molar-refractivity contribution in [3.63, 3.8) is 0 Å². The van der Waals surface area contributed by atoms with Crippen molar-refractivity contribution >= 4 is 11.0 Å². The lowest BCUT2D eigenvalue weighted by Crippen LogP contribution is -2.56. The zero-order valence-corrected chi connectivity index (χ0v) is 14.3. The first kappa shape index (κ1) is 15.8. The summed E-state index contributed by atoms with van der Waals surface area (Å²) in [6.07, 6.45) is 9.01. The Labute approximate surface area is 141 Å². The zero-order valence-electron chi connectivity index (χ0n) is 14.3. The predicted octanol–water partition coefficient (Wildman–Crippen LogP) is 1.14. The Bertz CT molecular complexity index is 784. The number of fused-ring (bicyclic) bond motifs is 1. The summed E-state index contributed by atoms with van der Waals surface area (Å²) < 4.78 is 1.66. The minimum atomic E-state index is -0.103. The summed E-state index contributed by atoms with van der Waals surface area (Å²) in [4.78, 5) is 22.4. The van der Waals surface area contributed by atoms with Crippen LogP contribution in [0, 0.1) is 5.41 Å². The molecule has 1 saturated carbocycles. The normalized spacial score (nSPS) is 24.2. The van der Waals surface area contributed by atoms with Gasteiger partial charge in [-0.2, -0.15) is 5.10 Å². The molecule has 1 unspecified atom stereocenters. The SMILES string of the molecule is Cn1ncc2c(=O)[nH]c(CN3CCCCC3C3(CN)CCC3)nc21. The number of aromatic amines is 1. The molecule has 7 heteroatoms. The van der Waals surface area contributed by atoms with Crippen LogP contribution in [0.2, 0.25) is 0 Å². The van der Waals surface area contributed by atoms with Gasteiger partial charge in [-0.15, -0.1) is 0 Å². The van der Waals surface area contributed by atoms with Crippen molar-refractivity contribution in [2.45, 2.75) is 51.1 Å². The van der Waals surface area contributed by atoms with Gasteiger partial charge in [0.1, 0.15) is 11.2 Å². The number of nitrogens with one attached hydrogen (secondary N) is 1. The van der Waals surface area contributed by atoms with Gasteiger partial charge in [0.15, 0.2) is 5.65 Å². The lowest BCUT2D eigenvalue weighted by Gasteiger charge is -2.53. The number of nitrogens with zero attached hydrogens (tertiary/aromatic N) is 4. The summed E-state index contributed by atoms with van der Waals surface area (Å²) in [7, 11) is 1.82. The molecule has 3 N–H and O–H groups in total. The van der Waals surface area contributed by atoms with Gasteiger partial charge in [-0.05, 0) is 44.2 Å². The molecular weight excluding hydrogens is 304 g/mol. The summed E-state index contributed by atoms with van der Waals surface area (Å²) >= 11 is 0. The van der Waals surface area contributed by atoms with Crippen LogP contribution in [0.3, 0.4) is 0 Å². The first-order valence-electron chi connectivity index (χ1n) is 8.98. The van der Waals surface area contributed by atoms with E-state index < -0.39 is 0 Å². The van der Waals surface area contributed by atoms with E-state index in [1.54, 1.807) is 10.9 Å². The van der Waals surface area contributed by atoms with E-state index in [9.17, 15) is 4.79 Å². The number of likely N-dealkylation sites (tertiary alicyclic amines) is 1. The van der Waals surface area contributed by atoms with Crippen molar-refractivity contribution in [3.05, 3.63) is 22.4 Å². The monoisotopic (exact) mass is 330 g/mol. The molecule has 0 spiro atoms. The highest BCUT2D eigenvalue weighted by Crippen LogP contribution is 2.47. The number of aryl methyl sites for hydroxylation is 1. The highest BCUT2D eigenvalue weighted by molar-refractivity contribution is 5.72. The minimum absolute atomic E-state index is 0.103. The number of nitrogens with two attached hydrogens (primary N) is 1. The molecule has 130 valence electrons. The summed E-state index contributed by atoms with van der Waals surface area (Å²) in [6.45, 7) is 2.50. The van der Waals surface area contributed by atoms with E-state index in [2.05, 4.69) is 20.0 Å². The van der Waals surface area contributed by atoms with Crippen LogP contribution in [0.1, 0.15) is 44.3 Å². The van der Waals surface area contributed by atoms with E-state index in [-0.39, 0.29) is 11.0 Å². The minimum Gasteiger partial charge on any atom is -0.330 e. The van der Waals surface area contributed by atoms with Crippen LogP contribution in [-0.2, 0) is 13.6 Å². The van der Waals surface area contributed by atoms with E-state index in [0.717, 1.165) is 18.9 Å². The van der Waals surface area contributed by atoms with Gasteiger partial charge in [-0.1, -0.05) is 12.8 Å². The molecule has 2 aromatic heterocycles. The van der Waals surface area contributed by atoms with Crippen molar-refractivity contribution in [2.24, 2.45) is 18.2 Å². The molecule has 24 heavy (non-hydrogen) atoms. The summed E-state index contributed by atoms with van der Waals surface area (Å²) in [6, 6.07) is 0.512. The molecule has 1 aliphatic heterocycles. The van der Waals surface area contributed by atoms with E-state index in [4.69, 9.17) is 5.73 Å². The van der Waals surface area contributed by atoms with E-state index >= 15 is 0 Å². The van der Waals surface area contributed by atoms with Crippen LogP contribution in [-0.4, -0.2) is 43.8 Å². The molecule has 0 bridgehead atoms. The third-order valence-electron chi connectivity index (χ3n) is 6.08. The Balaban J connectivity index is 1.63. The van der Waals surface area contributed by atoms with Gasteiger partial charge in [-0.3, -0.25) is 14.4 Å². The number of hydrogen-bond acceptors (Lipinski definition) is 5. The Morgan fingerprint density at radius 1 is 1.38 bits per heavy atom. The van der Waals surface area contributed by atoms with Crippen molar-refractivity contribution in [3.8, 4) is 0 Å². The highest BCUT2D eigenvalue weighted by atomic mass is 16.1. The third-order valence-corrected chi connectivity index (χ3v) is 6.08. The maximum Gasteiger partial charge on any atom is 0.262 e. The van der Waals surface area contributed by atoms with Gasteiger partial charge in [0.2, 0.25) is 0 Å². The standard InChI is InChI=1S/C17H26N6O/c1-22-15-12(9-19-22)16(24)21-14(20-15)10-23-8-3-2-5-13(23)17(11-18)6-4-7-17/h9,13H,2-8,10-11,18H2,1H3,(H,20,21,24). The van der Waals surface area contributed by atoms with E-state index in [0.29, 0.717) is 23.6 Å². The molecule has 7 nitrogen and oxygen atoms in total. The number of H-pyrrole nitrogens is 1. The molecule has 1 atom stereocenters. The van der Waals surface area contributed by atoms with Gasteiger partial charge < -0.3 is 10.7 Å². The Morgan fingerprint density at radius 3 is 2.92 bits per heavy atom. The van der Waals surface area contributed by atoms with Crippen molar-refractivity contribution in [1.82, 2.24) is 24.6 Å². The van der Waals surface area contributed by atoms with Crippen LogP contribution < -0.4 is 11.3 Å². The molecule has 2 fully saturated rings. The number of aromatic nitrogens is 4. The topological polar surface area (TPSA) is 92.8 Å². The second kappa shape index (κ2) is 5.97. The lowest BCUT2D eigenvalue weighted by molar-refractivity contribution is -0.0217. The summed E-state index contributed by atoms with van der Waals surface area (Å²) in [5.74, 6) is 0.731. The van der Waals surface area contributed by atoms with E-state index in [1.807, 2.05) is 7.05 Å². The van der Waals surface area contributed by atoms with Gasteiger partial charge in [0.05, 0.1) is 12.7 Å². The second-order valence-corrected chi connectivity index (χ2v) is 7.42. The van der Waals surface area contributed by atoms with Gasteiger partial charge in [-0.25, -0.2) is 4.98 Å². The molecular formula is C17H26N6O. The molecule has 0 amide bonds. The average Bonchev–Trinajstić information content (AvgIpc) is 2.90. The van der Waals surface area contributed by atoms with Crippen LogP contribution in [0.15, 0.2) is 11.0 Å². The molecule has 1 saturated heterocycles. The van der Waals surface area contributed by atoms with Gasteiger partial charge in [0.25, 0.3) is 5.56 Å². The van der Waals surface area contributed by atoms with Gasteiger partial charge >= 0.3 is 0 Å². The fourth-order valence-electron chi connectivity index (χ4n) is 4.52. The maximum absolute atomic E-state index is 12.3. The lowest BCUT2D eigenvalue weighted by atomic mass is 9.62. The molecule has 2 aliphatic rings. The maximum atomic E-state index is 12.3. The van der Waals surface area contributed by atoms with Gasteiger partial charge in [0, 0.05) is 13.1 Å². The summed E-state index contributed by atoms with van der Waals surface area (Å²) in [5, 5.41) is 4.69. The first-order chi connectivity index (χ1) is 11.6. The highest BCUT2D eigenvalue weighted by Gasteiger charge is 2.46. The molecule has 3 heterocycles. The molecule has 0 aromatic carbocycles.